The van der Waals surface area contributed by atoms with Gasteiger partial charge in [-0.3, -0.25) is 0 Å². The highest BCUT2D eigenvalue weighted by Crippen LogP contribution is 2.33. The molecule has 2 aromatic heterocycles. The van der Waals surface area contributed by atoms with Gasteiger partial charge in [0.1, 0.15) is 0 Å². The normalized spacial score (nSPS) is 14.4. The highest BCUT2D eigenvalue weighted by Gasteiger charge is 2.28. The van der Waals surface area contributed by atoms with Crippen LogP contribution in [0.4, 0.5) is 0 Å². The summed E-state index contributed by atoms with van der Waals surface area (Å²) >= 11 is 0. The molecule has 2 aromatic rings. The molecule has 3 heteroatoms. The van der Waals surface area contributed by atoms with Gasteiger partial charge in [0.15, 0.2) is 5.65 Å². The van der Waals surface area contributed by atoms with Crippen LogP contribution in [0.25, 0.3) is 5.65 Å². The molecule has 0 aliphatic carbocycles. The maximum absolute atomic E-state index is 4.80. The summed E-state index contributed by atoms with van der Waals surface area (Å²) < 4.78 is 1.99. The Labute approximate surface area is 109 Å². The van der Waals surface area contributed by atoms with E-state index in [1.807, 2.05) is 22.8 Å². The maximum atomic E-state index is 4.80. The lowest BCUT2D eigenvalue weighted by Crippen LogP contribution is -2.19. The molecule has 0 saturated heterocycles. The van der Waals surface area contributed by atoms with Crippen molar-refractivity contribution >= 4 is 5.65 Å². The van der Waals surface area contributed by atoms with Gasteiger partial charge in [0.2, 0.25) is 0 Å². The van der Waals surface area contributed by atoms with Crippen LogP contribution in [0.1, 0.15) is 58.8 Å². The highest BCUT2D eigenvalue weighted by atomic mass is 15.3. The Morgan fingerprint density at radius 1 is 1.17 bits per heavy atom. The van der Waals surface area contributed by atoms with Crippen LogP contribution in [0.2, 0.25) is 0 Å². The fraction of sp³-hybridized carbons (Fsp3) is 0.600. The molecular formula is C15H23N3. The quantitative estimate of drug-likeness (QED) is 0.806. The Hall–Kier alpha value is -1.38. The summed E-state index contributed by atoms with van der Waals surface area (Å²) in [6.07, 6.45) is 1.83. The van der Waals surface area contributed by atoms with Crippen molar-refractivity contribution < 1.29 is 0 Å². The van der Waals surface area contributed by atoms with E-state index < -0.39 is 0 Å². The first-order chi connectivity index (χ1) is 8.32. The summed E-state index contributed by atoms with van der Waals surface area (Å²) in [5, 5.41) is 4.46. The Bertz CT molecular complexity index is 546. The number of hydrogen-bond acceptors (Lipinski definition) is 2. The monoisotopic (exact) mass is 245 g/mol. The summed E-state index contributed by atoms with van der Waals surface area (Å²) in [4.78, 5) is 4.80. The third kappa shape index (κ3) is 2.14. The SMILES string of the molecule is CC(C)C(C)c1nc2cccnn2c1C(C)(C)C. The van der Waals surface area contributed by atoms with E-state index in [9.17, 15) is 0 Å². The summed E-state index contributed by atoms with van der Waals surface area (Å²) in [5.74, 6) is 1.02. The zero-order valence-electron chi connectivity index (χ0n) is 12.2. The summed E-state index contributed by atoms with van der Waals surface area (Å²) in [7, 11) is 0. The van der Waals surface area contributed by atoms with Crippen molar-refractivity contribution in [3.05, 3.63) is 29.7 Å². The Morgan fingerprint density at radius 3 is 2.39 bits per heavy atom. The number of hydrogen-bond donors (Lipinski definition) is 0. The van der Waals surface area contributed by atoms with Crippen LogP contribution in [-0.4, -0.2) is 14.6 Å². The molecule has 0 bridgehead atoms. The molecule has 18 heavy (non-hydrogen) atoms. The standard InChI is InChI=1S/C15H23N3/c1-10(2)11(3)13-14(15(4,5)6)18-12(17-13)8-7-9-16-18/h7-11H,1-6H3. The van der Waals surface area contributed by atoms with Gasteiger partial charge in [-0.2, -0.15) is 5.10 Å². The molecule has 0 amide bonds. The van der Waals surface area contributed by atoms with Gasteiger partial charge in [-0.1, -0.05) is 41.5 Å². The van der Waals surface area contributed by atoms with Crippen molar-refractivity contribution in [1.29, 1.82) is 0 Å². The van der Waals surface area contributed by atoms with E-state index in [0.717, 1.165) is 5.65 Å². The van der Waals surface area contributed by atoms with Crippen LogP contribution in [0, 0.1) is 5.92 Å². The zero-order valence-corrected chi connectivity index (χ0v) is 12.2. The van der Waals surface area contributed by atoms with Crippen molar-refractivity contribution in [2.24, 2.45) is 5.92 Å². The molecule has 0 fully saturated rings. The summed E-state index contributed by atoms with van der Waals surface area (Å²) in [6.45, 7) is 13.4. The van der Waals surface area contributed by atoms with Gasteiger partial charge in [0.05, 0.1) is 11.4 Å². The van der Waals surface area contributed by atoms with Gasteiger partial charge in [0.25, 0.3) is 0 Å². The van der Waals surface area contributed by atoms with Crippen molar-refractivity contribution in [3.8, 4) is 0 Å². The lowest BCUT2D eigenvalue weighted by Gasteiger charge is -2.23. The largest absolute Gasteiger partial charge is 0.231 e. The lowest BCUT2D eigenvalue weighted by atomic mass is 9.84. The smallest absolute Gasteiger partial charge is 0.154 e. The van der Waals surface area contributed by atoms with E-state index in [1.54, 1.807) is 0 Å². The van der Waals surface area contributed by atoms with Crippen LogP contribution >= 0.6 is 0 Å². The zero-order chi connectivity index (χ0) is 13.5. The van der Waals surface area contributed by atoms with Crippen LogP contribution in [0.15, 0.2) is 18.3 Å². The molecule has 0 aromatic carbocycles. The lowest BCUT2D eigenvalue weighted by molar-refractivity contribution is 0.489. The summed E-state index contributed by atoms with van der Waals surface area (Å²) in [6, 6.07) is 3.97. The molecule has 0 aliphatic heterocycles. The molecular weight excluding hydrogens is 222 g/mol. The van der Waals surface area contributed by atoms with E-state index in [0.29, 0.717) is 11.8 Å². The van der Waals surface area contributed by atoms with Crippen molar-refractivity contribution in [1.82, 2.24) is 14.6 Å². The van der Waals surface area contributed by atoms with Gasteiger partial charge in [0, 0.05) is 17.5 Å². The number of fused-ring (bicyclic) bond motifs is 1. The predicted octanol–water partition coefficient (Wildman–Crippen LogP) is 3.79. The van der Waals surface area contributed by atoms with Gasteiger partial charge in [-0.25, -0.2) is 9.50 Å². The van der Waals surface area contributed by atoms with E-state index in [-0.39, 0.29) is 5.41 Å². The van der Waals surface area contributed by atoms with Crippen molar-refractivity contribution in [3.63, 3.8) is 0 Å². The Kier molecular flexibility index (Phi) is 3.18. The summed E-state index contributed by atoms with van der Waals surface area (Å²) in [5.41, 5.74) is 3.42. The third-order valence-corrected chi connectivity index (χ3v) is 3.56. The molecule has 0 N–H and O–H groups in total. The molecule has 1 atom stereocenters. The minimum Gasteiger partial charge on any atom is -0.231 e. The Morgan fingerprint density at radius 2 is 1.83 bits per heavy atom. The van der Waals surface area contributed by atoms with Crippen LogP contribution in [-0.2, 0) is 5.41 Å². The second-order valence-electron chi connectivity index (χ2n) is 6.42. The second kappa shape index (κ2) is 4.38. The first-order valence-electron chi connectivity index (χ1n) is 6.66. The minimum absolute atomic E-state index is 0.0479. The fourth-order valence-corrected chi connectivity index (χ4v) is 2.24. The number of rotatable bonds is 2. The first kappa shape index (κ1) is 13.1. The first-order valence-corrected chi connectivity index (χ1v) is 6.66. The average molecular weight is 245 g/mol. The predicted molar refractivity (Wildman–Crippen MR) is 74.9 cm³/mol. The third-order valence-electron chi connectivity index (χ3n) is 3.56. The van der Waals surface area contributed by atoms with Crippen LogP contribution in [0.3, 0.4) is 0 Å². The highest BCUT2D eigenvalue weighted by molar-refractivity contribution is 5.44. The van der Waals surface area contributed by atoms with Crippen LogP contribution < -0.4 is 0 Å². The number of imidazole rings is 1. The molecule has 0 spiro atoms. The van der Waals surface area contributed by atoms with Gasteiger partial charge < -0.3 is 0 Å². The molecule has 0 aliphatic rings. The molecule has 0 radical (unpaired) electrons. The molecule has 2 rings (SSSR count). The van der Waals surface area contributed by atoms with Gasteiger partial charge in [-0.05, 0) is 18.1 Å². The molecule has 0 saturated carbocycles. The minimum atomic E-state index is 0.0479. The van der Waals surface area contributed by atoms with E-state index in [2.05, 4.69) is 46.6 Å². The average Bonchev–Trinajstić information content (AvgIpc) is 2.66. The molecule has 2 heterocycles. The van der Waals surface area contributed by atoms with Crippen molar-refractivity contribution in [2.45, 2.75) is 52.9 Å². The number of nitrogens with zero attached hydrogens (tertiary/aromatic N) is 3. The fourth-order valence-electron chi connectivity index (χ4n) is 2.24. The van der Waals surface area contributed by atoms with Gasteiger partial charge >= 0.3 is 0 Å². The van der Waals surface area contributed by atoms with E-state index >= 15 is 0 Å². The number of aromatic nitrogens is 3. The van der Waals surface area contributed by atoms with E-state index in [4.69, 9.17) is 4.98 Å². The van der Waals surface area contributed by atoms with Gasteiger partial charge in [-0.15, -0.1) is 0 Å². The molecule has 98 valence electrons. The molecule has 3 nitrogen and oxygen atoms in total. The topological polar surface area (TPSA) is 30.2 Å². The second-order valence-corrected chi connectivity index (χ2v) is 6.42. The van der Waals surface area contributed by atoms with E-state index in [1.165, 1.54) is 11.4 Å². The molecule has 1 unspecified atom stereocenters. The van der Waals surface area contributed by atoms with Crippen LogP contribution in [0.5, 0.6) is 0 Å². The maximum Gasteiger partial charge on any atom is 0.154 e. The van der Waals surface area contributed by atoms with Crippen molar-refractivity contribution in [2.75, 3.05) is 0 Å². The Balaban J connectivity index is 2.72.